The number of fused-ring (bicyclic) bond motifs is 3. The number of H-pyrrole nitrogens is 1. The van der Waals surface area contributed by atoms with E-state index in [4.69, 9.17) is 0 Å². The molecule has 0 unspecified atom stereocenters. The van der Waals surface area contributed by atoms with Gasteiger partial charge in [-0.05, 0) is 31.0 Å². The summed E-state index contributed by atoms with van der Waals surface area (Å²) in [6.45, 7) is -0.373. The van der Waals surface area contributed by atoms with E-state index < -0.39 is 22.6 Å². The number of likely N-dealkylation sites (tertiary alicyclic amines) is 1. The molecule has 1 aliphatic rings. The molecule has 12 heteroatoms. The van der Waals surface area contributed by atoms with Crippen molar-refractivity contribution in [2.45, 2.75) is 35.0 Å². The number of hydrogen-bond donors (Lipinski definition) is 2. The number of nitrogens with one attached hydrogen (secondary N) is 2. The molecule has 0 saturated carbocycles. The first-order valence-corrected chi connectivity index (χ1v) is 12.3. The average molecular weight is 493 g/mol. The third-order valence-electron chi connectivity index (χ3n) is 6.16. The van der Waals surface area contributed by atoms with Crippen LogP contribution in [-0.4, -0.2) is 65.7 Å². The lowest BCUT2D eigenvalue weighted by molar-refractivity contribution is -0.148. The van der Waals surface area contributed by atoms with Crippen molar-refractivity contribution in [3.63, 3.8) is 0 Å². The summed E-state index contributed by atoms with van der Waals surface area (Å²) >= 11 is 0. The fourth-order valence-corrected chi connectivity index (χ4v) is 6.00. The Bertz CT molecular complexity index is 1440. The smallest absolute Gasteiger partial charge is 0.359 e. The van der Waals surface area contributed by atoms with Crippen LogP contribution in [0, 0.1) is 0 Å². The second-order valence-electron chi connectivity index (χ2n) is 8.35. The first kappa shape index (κ1) is 22.7. The highest BCUT2D eigenvalue weighted by atomic mass is 32.2. The number of piperidine rings is 1. The van der Waals surface area contributed by atoms with Gasteiger partial charge in [-0.1, -0.05) is 18.2 Å². The van der Waals surface area contributed by atoms with Crippen molar-refractivity contribution in [2.75, 3.05) is 32.0 Å². The van der Waals surface area contributed by atoms with Crippen LogP contribution >= 0.6 is 0 Å². The van der Waals surface area contributed by atoms with Gasteiger partial charge in [-0.15, -0.1) is 0 Å². The SMILES string of the molecule is CNc1nc2c(S(=O)(=O)c3ccccc3)nc3[nH]ccc3c2n1C1CCN(CC(F)(F)F)CC1. The largest absolute Gasteiger partial charge is 0.401 e. The molecule has 34 heavy (non-hydrogen) atoms. The molecule has 0 atom stereocenters. The molecule has 0 amide bonds. The molecule has 1 aromatic carbocycles. The van der Waals surface area contributed by atoms with Crippen LogP contribution in [0.15, 0.2) is 52.5 Å². The van der Waals surface area contributed by atoms with Gasteiger partial charge in [0.05, 0.1) is 17.0 Å². The molecule has 0 bridgehead atoms. The van der Waals surface area contributed by atoms with E-state index in [1.165, 1.54) is 17.0 Å². The summed E-state index contributed by atoms with van der Waals surface area (Å²) in [4.78, 5) is 13.5. The number of aromatic nitrogens is 4. The Kier molecular flexibility index (Phi) is 5.52. The minimum atomic E-state index is -4.24. The number of pyridine rings is 1. The van der Waals surface area contributed by atoms with Gasteiger partial charge in [-0.3, -0.25) is 4.90 Å². The van der Waals surface area contributed by atoms with Gasteiger partial charge in [-0.25, -0.2) is 18.4 Å². The van der Waals surface area contributed by atoms with Gasteiger partial charge in [0.1, 0.15) is 11.2 Å². The van der Waals surface area contributed by atoms with Crippen LogP contribution in [0.25, 0.3) is 22.1 Å². The van der Waals surface area contributed by atoms with Crippen molar-refractivity contribution in [3.8, 4) is 0 Å². The van der Waals surface area contributed by atoms with Crippen molar-refractivity contribution in [1.29, 1.82) is 0 Å². The van der Waals surface area contributed by atoms with Crippen LogP contribution in [0.2, 0.25) is 0 Å². The summed E-state index contributed by atoms with van der Waals surface area (Å²) in [6, 6.07) is 9.69. The van der Waals surface area contributed by atoms with Crippen LogP contribution in [0.4, 0.5) is 19.1 Å². The molecule has 8 nitrogen and oxygen atoms in total. The van der Waals surface area contributed by atoms with Gasteiger partial charge in [0.25, 0.3) is 0 Å². The van der Waals surface area contributed by atoms with Crippen molar-refractivity contribution in [1.82, 2.24) is 24.4 Å². The molecule has 0 aliphatic carbocycles. The maximum Gasteiger partial charge on any atom is 0.401 e. The molecule has 4 aromatic rings. The maximum atomic E-state index is 13.5. The Hall–Kier alpha value is -3.12. The quantitative estimate of drug-likeness (QED) is 0.438. The van der Waals surface area contributed by atoms with Crippen molar-refractivity contribution in [2.24, 2.45) is 0 Å². The van der Waals surface area contributed by atoms with E-state index in [-0.39, 0.29) is 34.6 Å². The topological polar surface area (TPSA) is 95.9 Å². The van der Waals surface area contributed by atoms with E-state index in [1.807, 2.05) is 4.57 Å². The number of sulfone groups is 1. The Morgan fingerprint density at radius 1 is 1.12 bits per heavy atom. The minimum absolute atomic E-state index is 0.107. The normalized spacial score (nSPS) is 16.5. The van der Waals surface area contributed by atoms with Crippen molar-refractivity contribution in [3.05, 3.63) is 42.6 Å². The third kappa shape index (κ3) is 3.90. The number of nitrogens with zero attached hydrogens (tertiary/aromatic N) is 4. The maximum absolute atomic E-state index is 13.5. The number of rotatable bonds is 5. The molecular weight excluding hydrogens is 469 g/mol. The molecule has 2 N–H and O–H groups in total. The Balaban J connectivity index is 1.65. The lowest BCUT2D eigenvalue weighted by Gasteiger charge is -2.33. The van der Waals surface area contributed by atoms with Crippen LogP contribution in [0.3, 0.4) is 0 Å². The highest BCUT2D eigenvalue weighted by molar-refractivity contribution is 7.91. The fraction of sp³-hybridized carbons (Fsp3) is 0.364. The average Bonchev–Trinajstić information content (AvgIpc) is 3.42. The lowest BCUT2D eigenvalue weighted by atomic mass is 10.0. The van der Waals surface area contributed by atoms with E-state index >= 15 is 0 Å². The van der Waals surface area contributed by atoms with E-state index in [9.17, 15) is 21.6 Å². The zero-order chi connectivity index (χ0) is 24.1. The predicted molar refractivity (Wildman–Crippen MR) is 122 cm³/mol. The molecule has 3 aromatic heterocycles. The number of hydrogen-bond acceptors (Lipinski definition) is 6. The van der Waals surface area contributed by atoms with Crippen molar-refractivity contribution >= 4 is 37.9 Å². The summed E-state index contributed by atoms with van der Waals surface area (Å²) in [5.74, 6) is 0.448. The zero-order valence-electron chi connectivity index (χ0n) is 18.3. The first-order chi connectivity index (χ1) is 16.2. The Morgan fingerprint density at radius 3 is 2.47 bits per heavy atom. The van der Waals surface area contributed by atoms with E-state index in [0.29, 0.717) is 35.3 Å². The number of alkyl halides is 3. The molecule has 4 heterocycles. The van der Waals surface area contributed by atoms with Crippen LogP contribution in [0.1, 0.15) is 18.9 Å². The van der Waals surface area contributed by atoms with Gasteiger partial charge in [0, 0.05) is 37.8 Å². The molecular formula is C22H23F3N6O2S. The molecule has 5 rings (SSSR count). The number of halogens is 3. The molecule has 0 spiro atoms. The van der Waals surface area contributed by atoms with E-state index in [1.54, 1.807) is 37.5 Å². The van der Waals surface area contributed by atoms with E-state index in [0.717, 1.165) is 0 Å². The number of imidazole rings is 1. The Labute approximate surface area is 193 Å². The van der Waals surface area contributed by atoms with Crippen LogP contribution in [-0.2, 0) is 9.84 Å². The lowest BCUT2D eigenvalue weighted by Crippen LogP contribution is -2.40. The number of benzene rings is 1. The van der Waals surface area contributed by atoms with Gasteiger partial charge in [0.15, 0.2) is 5.03 Å². The van der Waals surface area contributed by atoms with Crippen LogP contribution < -0.4 is 5.32 Å². The number of aromatic amines is 1. The Morgan fingerprint density at radius 2 is 1.82 bits per heavy atom. The number of anilines is 1. The first-order valence-electron chi connectivity index (χ1n) is 10.8. The van der Waals surface area contributed by atoms with Gasteiger partial charge < -0.3 is 14.9 Å². The summed E-state index contributed by atoms with van der Waals surface area (Å²) in [5.41, 5.74) is 1.23. The summed E-state index contributed by atoms with van der Waals surface area (Å²) < 4.78 is 67.5. The highest BCUT2D eigenvalue weighted by Gasteiger charge is 2.35. The zero-order valence-corrected chi connectivity index (χ0v) is 19.1. The summed E-state index contributed by atoms with van der Waals surface area (Å²) in [6.07, 6.45) is -1.61. The monoisotopic (exact) mass is 492 g/mol. The molecule has 180 valence electrons. The van der Waals surface area contributed by atoms with E-state index in [2.05, 4.69) is 20.3 Å². The third-order valence-corrected chi connectivity index (χ3v) is 7.85. The van der Waals surface area contributed by atoms with Crippen LogP contribution in [0.5, 0.6) is 0 Å². The second-order valence-corrected chi connectivity index (χ2v) is 10.2. The van der Waals surface area contributed by atoms with Crippen molar-refractivity contribution < 1.29 is 21.6 Å². The van der Waals surface area contributed by atoms with Gasteiger partial charge in [0.2, 0.25) is 15.8 Å². The molecule has 1 saturated heterocycles. The van der Waals surface area contributed by atoms with Gasteiger partial charge >= 0.3 is 6.18 Å². The summed E-state index contributed by atoms with van der Waals surface area (Å²) in [7, 11) is -2.29. The predicted octanol–water partition coefficient (Wildman–Crippen LogP) is 3.99. The second kappa shape index (κ2) is 8.27. The van der Waals surface area contributed by atoms with Gasteiger partial charge in [-0.2, -0.15) is 13.2 Å². The highest BCUT2D eigenvalue weighted by Crippen LogP contribution is 2.38. The molecule has 1 aliphatic heterocycles. The summed E-state index contributed by atoms with van der Waals surface area (Å²) in [5, 5.41) is 3.58. The molecule has 1 fully saturated rings. The standard InChI is InChI=1S/C22H23F3N6O2S/c1-26-21-28-17-18(31(21)14-8-11-30(12-9-14)13-22(23,24)25)16-7-10-27-19(16)29-20(17)34(32,33)15-5-3-2-4-6-15/h2-7,10,14H,8-9,11-13H2,1H3,(H,26,28)(H,27,29). The minimum Gasteiger partial charge on any atom is -0.359 e. The molecule has 0 radical (unpaired) electrons. The fourth-order valence-electron chi connectivity index (χ4n) is 4.66.